The molecule has 7 nitrogen and oxygen atoms in total. The highest BCUT2D eigenvalue weighted by Gasteiger charge is 2.27. The highest BCUT2D eigenvalue weighted by atomic mass is 32.2. The second kappa shape index (κ2) is 9.92. The number of carbonyl (C=O) groups is 1. The van der Waals surface area contributed by atoms with Gasteiger partial charge in [0.05, 0.1) is 4.90 Å². The Balaban J connectivity index is 1.36. The maximum Gasteiger partial charge on any atom is 0.246 e. The van der Waals surface area contributed by atoms with Crippen LogP contribution in [0.5, 0.6) is 0 Å². The third kappa shape index (κ3) is 5.24. The number of anilines is 3. The van der Waals surface area contributed by atoms with Crippen molar-refractivity contribution in [1.29, 1.82) is 0 Å². The van der Waals surface area contributed by atoms with Crippen LogP contribution in [-0.4, -0.2) is 50.9 Å². The van der Waals surface area contributed by atoms with Crippen molar-refractivity contribution in [2.45, 2.75) is 50.0 Å². The van der Waals surface area contributed by atoms with Crippen LogP contribution in [0.2, 0.25) is 0 Å². The quantitative estimate of drug-likeness (QED) is 0.660. The molecule has 2 aliphatic rings. The molecule has 1 atom stereocenters. The van der Waals surface area contributed by atoms with E-state index in [2.05, 4.69) is 15.5 Å². The van der Waals surface area contributed by atoms with E-state index in [1.807, 2.05) is 24.3 Å². The second-order valence-corrected chi connectivity index (χ2v) is 10.5. The predicted octanol–water partition coefficient (Wildman–Crippen LogP) is 3.90. The van der Waals surface area contributed by atoms with Gasteiger partial charge in [-0.2, -0.15) is 4.31 Å². The van der Waals surface area contributed by atoms with Crippen LogP contribution in [-0.2, 0) is 14.8 Å². The highest BCUT2D eigenvalue weighted by Crippen LogP contribution is 2.24. The van der Waals surface area contributed by atoms with Crippen molar-refractivity contribution in [3.63, 3.8) is 0 Å². The molecule has 0 radical (unpaired) electrons. The van der Waals surface area contributed by atoms with E-state index in [9.17, 15) is 13.2 Å². The van der Waals surface area contributed by atoms with E-state index in [0.717, 1.165) is 31.6 Å². The van der Waals surface area contributed by atoms with Gasteiger partial charge in [-0.05, 0) is 81.5 Å². The van der Waals surface area contributed by atoms with Gasteiger partial charge in [0.25, 0.3) is 0 Å². The van der Waals surface area contributed by atoms with Crippen molar-refractivity contribution in [2.75, 3.05) is 41.7 Å². The van der Waals surface area contributed by atoms with Gasteiger partial charge in [0.15, 0.2) is 0 Å². The average Bonchev–Trinajstić information content (AvgIpc) is 3.36. The number of piperidine rings is 1. The van der Waals surface area contributed by atoms with Gasteiger partial charge in [0, 0.05) is 43.2 Å². The summed E-state index contributed by atoms with van der Waals surface area (Å²) in [7, 11) is -3.49. The molecule has 2 N–H and O–H groups in total. The molecule has 0 bridgehead atoms. The summed E-state index contributed by atoms with van der Waals surface area (Å²) in [6, 6.07) is 14.1. The first kappa shape index (κ1) is 22.6. The minimum atomic E-state index is -3.49. The van der Waals surface area contributed by atoms with Crippen LogP contribution in [0.25, 0.3) is 0 Å². The standard InChI is InChI=1S/C24H32N4O3S/c1-19(24(29)26-20-10-12-22(13-11-20)27-14-3-2-4-15-27)25-21-8-7-9-23(18-21)32(30,31)28-16-5-6-17-28/h7-13,18-19,25H,2-6,14-17H2,1H3,(H,26,29)/t19-/m0/s1. The number of sulfonamides is 1. The molecule has 0 unspecified atom stereocenters. The summed E-state index contributed by atoms with van der Waals surface area (Å²) in [6.45, 7) is 5.06. The number of nitrogens with one attached hydrogen (secondary N) is 2. The number of carbonyl (C=O) groups excluding carboxylic acids is 1. The first-order valence-electron chi connectivity index (χ1n) is 11.5. The van der Waals surface area contributed by atoms with Crippen molar-refractivity contribution in [2.24, 2.45) is 0 Å². The third-order valence-electron chi connectivity index (χ3n) is 6.17. The van der Waals surface area contributed by atoms with Gasteiger partial charge in [0.2, 0.25) is 15.9 Å². The first-order valence-corrected chi connectivity index (χ1v) is 12.9. The lowest BCUT2D eigenvalue weighted by Crippen LogP contribution is -2.32. The van der Waals surface area contributed by atoms with Crippen LogP contribution >= 0.6 is 0 Å². The lowest BCUT2D eigenvalue weighted by atomic mass is 10.1. The number of hydrogen-bond acceptors (Lipinski definition) is 5. The summed E-state index contributed by atoms with van der Waals surface area (Å²) in [4.78, 5) is 15.3. The summed E-state index contributed by atoms with van der Waals surface area (Å²) in [5.41, 5.74) is 2.54. The van der Waals surface area contributed by atoms with Crippen LogP contribution in [0.3, 0.4) is 0 Å². The Bertz CT molecular complexity index is 1030. The van der Waals surface area contributed by atoms with E-state index >= 15 is 0 Å². The van der Waals surface area contributed by atoms with Gasteiger partial charge in [0.1, 0.15) is 6.04 Å². The van der Waals surface area contributed by atoms with E-state index in [-0.39, 0.29) is 10.8 Å². The molecule has 2 saturated heterocycles. The zero-order valence-corrected chi connectivity index (χ0v) is 19.4. The van der Waals surface area contributed by atoms with Gasteiger partial charge in [-0.25, -0.2) is 8.42 Å². The summed E-state index contributed by atoms with van der Waals surface area (Å²) < 4.78 is 27.1. The third-order valence-corrected chi connectivity index (χ3v) is 8.06. The molecule has 8 heteroatoms. The Kier molecular flexibility index (Phi) is 7.01. The Morgan fingerprint density at radius 3 is 2.22 bits per heavy atom. The monoisotopic (exact) mass is 456 g/mol. The molecular formula is C24H32N4O3S. The topological polar surface area (TPSA) is 81.8 Å². The zero-order chi connectivity index (χ0) is 22.6. The summed E-state index contributed by atoms with van der Waals surface area (Å²) >= 11 is 0. The zero-order valence-electron chi connectivity index (χ0n) is 18.6. The van der Waals surface area contributed by atoms with Crippen LogP contribution in [0.15, 0.2) is 53.4 Å². The normalized spacial score (nSPS) is 18.3. The maximum absolute atomic E-state index is 12.8. The fraction of sp³-hybridized carbons (Fsp3) is 0.458. The summed E-state index contributed by atoms with van der Waals surface area (Å²) in [6.07, 6.45) is 5.54. The van der Waals surface area contributed by atoms with E-state index in [1.54, 1.807) is 31.2 Å². The van der Waals surface area contributed by atoms with Crippen molar-refractivity contribution in [3.8, 4) is 0 Å². The molecule has 0 aliphatic carbocycles. The van der Waals surface area contributed by atoms with Crippen LogP contribution in [0, 0.1) is 0 Å². The Hall–Kier alpha value is -2.58. The van der Waals surface area contributed by atoms with E-state index in [1.165, 1.54) is 29.3 Å². The molecule has 2 aliphatic heterocycles. The van der Waals surface area contributed by atoms with E-state index in [0.29, 0.717) is 18.8 Å². The predicted molar refractivity (Wildman–Crippen MR) is 129 cm³/mol. The number of rotatable bonds is 7. The number of hydrogen-bond donors (Lipinski definition) is 2. The SMILES string of the molecule is C[C@H](Nc1cccc(S(=O)(=O)N2CCCC2)c1)C(=O)Nc1ccc(N2CCCCC2)cc1. The van der Waals surface area contributed by atoms with E-state index in [4.69, 9.17) is 0 Å². The average molecular weight is 457 g/mol. The van der Waals surface area contributed by atoms with Gasteiger partial charge < -0.3 is 15.5 Å². The molecule has 0 saturated carbocycles. The van der Waals surface area contributed by atoms with Crippen molar-refractivity contribution < 1.29 is 13.2 Å². The van der Waals surface area contributed by atoms with Gasteiger partial charge in [-0.3, -0.25) is 4.79 Å². The molecule has 2 aromatic rings. The number of nitrogens with zero attached hydrogens (tertiary/aromatic N) is 2. The lowest BCUT2D eigenvalue weighted by Gasteiger charge is -2.28. The first-order chi connectivity index (χ1) is 15.4. The van der Waals surface area contributed by atoms with Gasteiger partial charge in [-0.1, -0.05) is 6.07 Å². The Morgan fingerprint density at radius 1 is 0.875 bits per heavy atom. The Morgan fingerprint density at radius 2 is 1.53 bits per heavy atom. The molecule has 2 aromatic carbocycles. The molecule has 172 valence electrons. The van der Waals surface area contributed by atoms with Crippen molar-refractivity contribution >= 4 is 33.0 Å². The number of benzene rings is 2. The lowest BCUT2D eigenvalue weighted by molar-refractivity contribution is -0.116. The van der Waals surface area contributed by atoms with Gasteiger partial charge >= 0.3 is 0 Å². The fourth-order valence-electron chi connectivity index (χ4n) is 4.30. The molecule has 0 spiro atoms. The smallest absolute Gasteiger partial charge is 0.246 e. The second-order valence-electron chi connectivity index (χ2n) is 8.59. The maximum atomic E-state index is 12.8. The van der Waals surface area contributed by atoms with Crippen LogP contribution < -0.4 is 15.5 Å². The molecule has 1 amide bonds. The highest BCUT2D eigenvalue weighted by molar-refractivity contribution is 7.89. The fourth-order valence-corrected chi connectivity index (χ4v) is 5.86. The Labute approximate surface area is 190 Å². The molecule has 2 heterocycles. The molecule has 32 heavy (non-hydrogen) atoms. The van der Waals surface area contributed by atoms with Crippen molar-refractivity contribution in [3.05, 3.63) is 48.5 Å². The number of amides is 1. The van der Waals surface area contributed by atoms with Gasteiger partial charge in [-0.15, -0.1) is 0 Å². The molecule has 0 aromatic heterocycles. The minimum absolute atomic E-state index is 0.177. The molecular weight excluding hydrogens is 424 g/mol. The summed E-state index contributed by atoms with van der Waals surface area (Å²) in [5.74, 6) is -0.177. The summed E-state index contributed by atoms with van der Waals surface area (Å²) in [5, 5.41) is 6.06. The van der Waals surface area contributed by atoms with Crippen LogP contribution in [0.1, 0.15) is 39.0 Å². The minimum Gasteiger partial charge on any atom is -0.374 e. The molecule has 2 fully saturated rings. The van der Waals surface area contributed by atoms with Crippen LogP contribution in [0.4, 0.5) is 17.1 Å². The van der Waals surface area contributed by atoms with E-state index < -0.39 is 16.1 Å². The molecule has 4 rings (SSSR count). The van der Waals surface area contributed by atoms with Crippen molar-refractivity contribution in [1.82, 2.24) is 4.31 Å². The largest absolute Gasteiger partial charge is 0.374 e.